The fraction of sp³-hybridized carbons (Fsp3) is 0.471. The van der Waals surface area contributed by atoms with Crippen LogP contribution in [0, 0.1) is 5.92 Å². The van der Waals surface area contributed by atoms with Crippen LogP contribution in [0.1, 0.15) is 49.0 Å². The van der Waals surface area contributed by atoms with E-state index >= 15 is 0 Å². The fourth-order valence-electron chi connectivity index (χ4n) is 2.92. The molecule has 0 saturated carbocycles. The van der Waals surface area contributed by atoms with Gasteiger partial charge in [0, 0.05) is 24.7 Å². The maximum Gasteiger partial charge on any atom is 0.311 e. The Morgan fingerprint density at radius 2 is 2.05 bits per heavy atom. The molecule has 1 aliphatic rings. The van der Waals surface area contributed by atoms with Gasteiger partial charge in [-0.1, -0.05) is 25.5 Å². The van der Waals surface area contributed by atoms with Gasteiger partial charge in [0.2, 0.25) is 5.91 Å². The van der Waals surface area contributed by atoms with Crippen LogP contribution in [0.15, 0.2) is 18.2 Å². The van der Waals surface area contributed by atoms with E-state index in [1.807, 2.05) is 6.07 Å². The summed E-state index contributed by atoms with van der Waals surface area (Å²) in [5.41, 5.74) is 2.15. The van der Waals surface area contributed by atoms with Crippen LogP contribution in [-0.4, -0.2) is 29.3 Å². The first-order valence-corrected chi connectivity index (χ1v) is 7.58. The Balaban J connectivity index is 2.40. The molecule has 1 aromatic carbocycles. The summed E-state index contributed by atoms with van der Waals surface area (Å²) in [5, 5.41) is 8.75. The SMILES string of the molecule is CCC1CCN(C(C)=O)c2cc(C(=O)CC(=O)O)ccc2C1. The Bertz CT molecular complexity index is 609. The van der Waals surface area contributed by atoms with Gasteiger partial charge in [0.25, 0.3) is 0 Å². The predicted molar refractivity (Wildman–Crippen MR) is 83.2 cm³/mol. The number of carbonyl (C=O) groups excluding carboxylic acids is 2. The van der Waals surface area contributed by atoms with E-state index in [9.17, 15) is 14.4 Å². The minimum atomic E-state index is -1.14. The molecule has 0 saturated heterocycles. The minimum Gasteiger partial charge on any atom is -0.481 e. The van der Waals surface area contributed by atoms with E-state index in [0.29, 0.717) is 18.0 Å². The number of fused-ring (bicyclic) bond motifs is 1. The molecule has 0 spiro atoms. The zero-order chi connectivity index (χ0) is 16.3. The van der Waals surface area contributed by atoms with Gasteiger partial charge in [-0.3, -0.25) is 14.4 Å². The average molecular weight is 303 g/mol. The van der Waals surface area contributed by atoms with Crippen LogP contribution in [0.25, 0.3) is 0 Å². The molecule has 0 radical (unpaired) electrons. The third kappa shape index (κ3) is 3.53. The van der Waals surface area contributed by atoms with Crippen molar-refractivity contribution < 1.29 is 19.5 Å². The number of amides is 1. The van der Waals surface area contributed by atoms with Gasteiger partial charge in [0.1, 0.15) is 6.42 Å². The fourth-order valence-corrected chi connectivity index (χ4v) is 2.92. The number of nitrogens with zero attached hydrogens (tertiary/aromatic N) is 1. The quantitative estimate of drug-likeness (QED) is 0.685. The molecule has 0 fully saturated rings. The van der Waals surface area contributed by atoms with Gasteiger partial charge in [0.05, 0.1) is 0 Å². The van der Waals surface area contributed by atoms with Crippen LogP contribution in [0.3, 0.4) is 0 Å². The van der Waals surface area contributed by atoms with E-state index < -0.39 is 18.2 Å². The summed E-state index contributed by atoms with van der Waals surface area (Å²) >= 11 is 0. The summed E-state index contributed by atoms with van der Waals surface area (Å²) in [6.07, 6.45) is 2.33. The van der Waals surface area contributed by atoms with E-state index in [0.717, 1.165) is 30.5 Å². The zero-order valence-corrected chi connectivity index (χ0v) is 13.0. The highest BCUT2D eigenvalue weighted by Gasteiger charge is 2.24. The number of ketones is 1. The van der Waals surface area contributed by atoms with Crippen molar-refractivity contribution in [2.75, 3.05) is 11.4 Å². The van der Waals surface area contributed by atoms with E-state index in [4.69, 9.17) is 5.11 Å². The predicted octanol–water partition coefficient (Wildman–Crippen LogP) is 2.67. The van der Waals surface area contributed by atoms with Crippen molar-refractivity contribution in [1.29, 1.82) is 0 Å². The summed E-state index contributed by atoms with van der Waals surface area (Å²) in [6, 6.07) is 5.19. The molecule has 1 aromatic rings. The Morgan fingerprint density at radius 1 is 1.32 bits per heavy atom. The smallest absolute Gasteiger partial charge is 0.311 e. The number of carboxylic acid groups (broad SMARTS) is 1. The zero-order valence-electron chi connectivity index (χ0n) is 13.0. The molecule has 0 aromatic heterocycles. The van der Waals surface area contributed by atoms with Gasteiger partial charge in [-0.25, -0.2) is 0 Å². The highest BCUT2D eigenvalue weighted by atomic mass is 16.4. The van der Waals surface area contributed by atoms with Crippen molar-refractivity contribution in [3.8, 4) is 0 Å². The van der Waals surface area contributed by atoms with Crippen molar-refractivity contribution in [3.05, 3.63) is 29.3 Å². The second kappa shape index (κ2) is 6.73. The third-order valence-electron chi connectivity index (χ3n) is 4.24. The van der Waals surface area contributed by atoms with Crippen LogP contribution in [0.4, 0.5) is 5.69 Å². The number of hydrogen-bond acceptors (Lipinski definition) is 3. The lowest BCUT2D eigenvalue weighted by atomic mass is 9.93. The van der Waals surface area contributed by atoms with Crippen molar-refractivity contribution in [1.82, 2.24) is 0 Å². The summed E-state index contributed by atoms with van der Waals surface area (Å²) in [4.78, 5) is 36.2. The molecule has 2 rings (SSSR count). The van der Waals surface area contributed by atoms with Crippen LogP contribution in [-0.2, 0) is 16.0 Å². The normalized spacial score (nSPS) is 17.5. The molecule has 1 N–H and O–H groups in total. The van der Waals surface area contributed by atoms with Gasteiger partial charge in [-0.05, 0) is 30.4 Å². The lowest BCUT2D eigenvalue weighted by Crippen LogP contribution is -2.29. The van der Waals surface area contributed by atoms with Crippen molar-refractivity contribution in [2.24, 2.45) is 5.92 Å². The lowest BCUT2D eigenvalue weighted by molar-refractivity contribution is -0.135. The number of carboxylic acids is 1. The summed E-state index contributed by atoms with van der Waals surface area (Å²) in [6.45, 7) is 4.29. The first-order chi connectivity index (χ1) is 10.4. The Morgan fingerprint density at radius 3 is 2.64 bits per heavy atom. The van der Waals surface area contributed by atoms with Crippen LogP contribution in [0.5, 0.6) is 0 Å². The number of hydrogen-bond donors (Lipinski definition) is 1. The molecule has 118 valence electrons. The number of rotatable bonds is 4. The van der Waals surface area contributed by atoms with Gasteiger partial charge < -0.3 is 10.0 Å². The van der Waals surface area contributed by atoms with Gasteiger partial charge >= 0.3 is 5.97 Å². The molecule has 5 nitrogen and oxygen atoms in total. The molecule has 22 heavy (non-hydrogen) atoms. The van der Waals surface area contributed by atoms with Crippen LogP contribution < -0.4 is 4.90 Å². The molecule has 1 unspecified atom stereocenters. The van der Waals surface area contributed by atoms with E-state index in [2.05, 4.69) is 6.92 Å². The maximum atomic E-state index is 11.9. The Hall–Kier alpha value is -2.17. The average Bonchev–Trinajstić information content (AvgIpc) is 2.64. The van der Waals surface area contributed by atoms with E-state index in [1.165, 1.54) is 6.92 Å². The molecule has 1 aliphatic heterocycles. The highest BCUT2D eigenvalue weighted by molar-refractivity contribution is 6.06. The lowest BCUT2D eigenvalue weighted by Gasteiger charge is -2.21. The summed E-state index contributed by atoms with van der Waals surface area (Å²) in [5.74, 6) is -1.12. The van der Waals surface area contributed by atoms with Gasteiger partial charge in [-0.2, -0.15) is 0 Å². The molecule has 1 heterocycles. The van der Waals surface area contributed by atoms with E-state index in [-0.39, 0.29) is 5.91 Å². The second-order valence-electron chi connectivity index (χ2n) is 5.77. The molecular weight excluding hydrogens is 282 g/mol. The molecule has 0 aliphatic carbocycles. The van der Waals surface area contributed by atoms with Crippen molar-refractivity contribution in [3.63, 3.8) is 0 Å². The first kappa shape index (κ1) is 16.2. The number of carbonyl (C=O) groups is 3. The molecule has 1 amide bonds. The largest absolute Gasteiger partial charge is 0.481 e. The number of Topliss-reactive ketones (excluding diaryl/α,β-unsaturated/α-hetero) is 1. The van der Waals surface area contributed by atoms with Gasteiger partial charge in [0.15, 0.2) is 5.78 Å². The minimum absolute atomic E-state index is 0.0548. The van der Waals surface area contributed by atoms with Gasteiger partial charge in [-0.15, -0.1) is 0 Å². The summed E-state index contributed by atoms with van der Waals surface area (Å²) < 4.78 is 0. The summed E-state index contributed by atoms with van der Waals surface area (Å²) in [7, 11) is 0. The van der Waals surface area contributed by atoms with Crippen molar-refractivity contribution >= 4 is 23.3 Å². The molecule has 0 bridgehead atoms. The second-order valence-corrected chi connectivity index (χ2v) is 5.77. The van der Waals surface area contributed by atoms with Crippen molar-refractivity contribution in [2.45, 2.75) is 39.5 Å². The number of anilines is 1. The Labute approximate surface area is 129 Å². The van der Waals surface area contributed by atoms with Crippen LogP contribution >= 0.6 is 0 Å². The van der Waals surface area contributed by atoms with Crippen LogP contribution in [0.2, 0.25) is 0 Å². The molecular formula is C17H21NO4. The third-order valence-corrected chi connectivity index (χ3v) is 4.24. The maximum absolute atomic E-state index is 11.9. The standard InChI is InChI=1S/C17H21NO4/c1-3-12-6-7-18(11(2)19)15-9-14(5-4-13(15)8-12)16(20)10-17(21)22/h4-5,9,12H,3,6-8,10H2,1-2H3,(H,21,22). The topological polar surface area (TPSA) is 74.7 Å². The van der Waals surface area contributed by atoms with E-state index in [1.54, 1.807) is 17.0 Å². The first-order valence-electron chi connectivity index (χ1n) is 7.58. The molecule has 5 heteroatoms. The highest BCUT2D eigenvalue weighted by Crippen LogP contribution is 2.31. The Kier molecular flexibility index (Phi) is 4.96. The number of aliphatic carboxylic acids is 1. The number of benzene rings is 1. The monoisotopic (exact) mass is 303 g/mol. The molecule has 1 atom stereocenters.